The number of aromatic nitrogens is 1. The van der Waals surface area contributed by atoms with E-state index in [9.17, 15) is 23.4 Å². The maximum absolute atomic E-state index is 13.0. The van der Waals surface area contributed by atoms with Crippen molar-refractivity contribution < 1.29 is 28.1 Å². The molecule has 1 aromatic carbocycles. The van der Waals surface area contributed by atoms with Crippen LogP contribution in [-0.4, -0.2) is 28.4 Å². The first kappa shape index (κ1) is 23.2. The summed E-state index contributed by atoms with van der Waals surface area (Å²) in [5, 5.41) is 22.2. The Morgan fingerprint density at radius 2 is 1.75 bits per heavy atom. The zero-order valence-corrected chi connectivity index (χ0v) is 18.7. The Morgan fingerprint density at radius 3 is 2.34 bits per heavy atom. The van der Waals surface area contributed by atoms with Crippen molar-refractivity contribution in [3.05, 3.63) is 63.5 Å². The van der Waals surface area contributed by atoms with Gasteiger partial charge in [-0.05, 0) is 61.3 Å². The third-order valence-electron chi connectivity index (χ3n) is 6.81. The topological polar surface area (TPSA) is 62.6 Å². The highest BCUT2D eigenvalue weighted by atomic mass is 19.4. The van der Waals surface area contributed by atoms with Crippen molar-refractivity contribution in [3.63, 3.8) is 0 Å². The van der Waals surface area contributed by atoms with Crippen LogP contribution in [0.5, 0.6) is 0 Å². The van der Waals surface area contributed by atoms with E-state index >= 15 is 0 Å². The van der Waals surface area contributed by atoms with Gasteiger partial charge in [-0.1, -0.05) is 26.0 Å². The van der Waals surface area contributed by atoms with Crippen molar-refractivity contribution in [3.8, 4) is 0 Å². The smallest absolute Gasteiger partial charge is 0.388 e. The third-order valence-corrected chi connectivity index (χ3v) is 6.81. The Kier molecular flexibility index (Phi) is 6.11. The van der Waals surface area contributed by atoms with Gasteiger partial charge < -0.3 is 14.9 Å². The van der Waals surface area contributed by atoms with Crippen LogP contribution in [-0.2, 0) is 17.3 Å². The maximum atomic E-state index is 13.0. The van der Waals surface area contributed by atoms with Crippen LogP contribution in [0.15, 0.2) is 24.3 Å². The normalized spacial score (nSPS) is 22.4. The predicted octanol–water partition coefficient (Wildman–Crippen LogP) is 5.39. The van der Waals surface area contributed by atoms with E-state index in [0.717, 1.165) is 53.9 Å². The largest absolute Gasteiger partial charge is 0.416 e. The van der Waals surface area contributed by atoms with E-state index in [1.54, 1.807) is 0 Å². The number of aliphatic hydroxyl groups is 2. The van der Waals surface area contributed by atoms with E-state index in [1.807, 2.05) is 6.92 Å². The fourth-order valence-electron chi connectivity index (χ4n) is 5.20. The van der Waals surface area contributed by atoms with Gasteiger partial charge in [0.25, 0.3) is 0 Å². The van der Waals surface area contributed by atoms with Gasteiger partial charge in [0.15, 0.2) is 0 Å². The number of hydrogen-bond acceptors (Lipinski definition) is 4. The first-order chi connectivity index (χ1) is 15.0. The van der Waals surface area contributed by atoms with Gasteiger partial charge in [-0.25, -0.2) is 0 Å². The SMILES string of the molecule is Cc1c2c(nc(C3CCOCC3)c1[C@H](O)c1ccc(C(F)(F)F)cc1)CC(C)(C)CC2O. The molecule has 2 aliphatic rings. The fraction of sp³-hybridized carbons (Fsp3) is 0.560. The van der Waals surface area contributed by atoms with Crippen LogP contribution in [0.4, 0.5) is 13.2 Å². The Balaban J connectivity index is 1.83. The molecule has 0 saturated carbocycles. The standard InChI is InChI=1S/C25H30F3NO3/c1-14-20-18(12-24(2,3)13-19(20)30)29-22(15-8-10-32-11-9-15)21(14)23(31)16-4-6-17(7-5-16)25(26,27)28/h4-7,15,19,23,30-31H,8-13H2,1-3H3/t19?,23-/m1/s1. The minimum atomic E-state index is -4.43. The summed E-state index contributed by atoms with van der Waals surface area (Å²) in [6.45, 7) is 7.30. The van der Waals surface area contributed by atoms with Crippen molar-refractivity contribution in [1.29, 1.82) is 0 Å². The lowest BCUT2D eigenvalue weighted by atomic mass is 9.72. The van der Waals surface area contributed by atoms with Crippen LogP contribution in [0.1, 0.15) is 90.4 Å². The zero-order chi connectivity index (χ0) is 23.3. The predicted molar refractivity (Wildman–Crippen MR) is 114 cm³/mol. The molecule has 4 rings (SSSR count). The summed E-state index contributed by atoms with van der Waals surface area (Å²) in [5.41, 5.74) is 3.31. The molecule has 1 aliphatic heterocycles. The van der Waals surface area contributed by atoms with E-state index in [4.69, 9.17) is 9.72 Å². The van der Waals surface area contributed by atoms with Crippen LogP contribution < -0.4 is 0 Å². The summed E-state index contributed by atoms with van der Waals surface area (Å²) in [6, 6.07) is 4.62. The third kappa shape index (κ3) is 4.43. The van der Waals surface area contributed by atoms with E-state index in [0.29, 0.717) is 30.8 Å². The lowest BCUT2D eigenvalue weighted by molar-refractivity contribution is -0.137. The second kappa shape index (κ2) is 8.43. The van der Waals surface area contributed by atoms with E-state index in [-0.39, 0.29) is 11.3 Å². The van der Waals surface area contributed by atoms with E-state index in [2.05, 4.69) is 13.8 Å². The molecule has 0 spiro atoms. The van der Waals surface area contributed by atoms with Crippen LogP contribution in [0.3, 0.4) is 0 Å². The zero-order valence-electron chi connectivity index (χ0n) is 18.7. The number of pyridine rings is 1. The molecule has 2 aromatic rings. The average Bonchev–Trinajstić information content (AvgIpc) is 2.72. The highest BCUT2D eigenvalue weighted by molar-refractivity contribution is 5.48. The molecule has 1 aliphatic carbocycles. The van der Waals surface area contributed by atoms with Crippen LogP contribution in [0, 0.1) is 12.3 Å². The number of ether oxygens (including phenoxy) is 1. The van der Waals surface area contributed by atoms with Gasteiger partial charge in [0.2, 0.25) is 0 Å². The van der Waals surface area contributed by atoms with Gasteiger partial charge in [-0.3, -0.25) is 4.98 Å². The number of benzene rings is 1. The van der Waals surface area contributed by atoms with Crippen molar-refractivity contribution in [2.24, 2.45) is 5.41 Å². The molecule has 1 unspecified atom stereocenters. The fourth-order valence-corrected chi connectivity index (χ4v) is 5.20. The summed E-state index contributed by atoms with van der Waals surface area (Å²) in [5.74, 6) is 0.0917. The quantitative estimate of drug-likeness (QED) is 0.660. The molecule has 1 aromatic heterocycles. The molecule has 2 atom stereocenters. The second-order valence-electron chi connectivity index (χ2n) is 9.87. The molecule has 1 fully saturated rings. The Morgan fingerprint density at radius 1 is 1.12 bits per heavy atom. The molecule has 0 amide bonds. The van der Waals surface area contributed by atoms with Gasteiger partial charge >= 0.3 is 6.18 Å². The highest BCUT2D eigenvalue weighted by Crippen LogP contribution is 2.45. The van der Waals surface area contributed by atoms with Crippen molar-refractivity contribution in [1.82, 2.24) is 4.98 Å². The van der Waals surface area contributed by atoms with E-state index < -0.39 is 23.9 Å². The molecule has 0 radical (unpaired) electrons. The number of fused-ring (bicyclic) bond motifs is 1. The number of aliphatic hydroxyl groups excluding tert-OH is 2. The summed E-state index contributed by atoms with van der Waals surface area (Å²) < 4.78 is 44.5. The summed E-state index contributed by atoms with van der Waals surface area (Å²) in [4.78, 5) is 4.99. The molecule has 4 nitrogen and oxygen atoms in total. The molecule has 7 heteroatoms. The lowest BCUT2D eigenvalue weighted by Crippen LogP contribution is -2.30. The van der Waals surface area contributed by atoms with Crippen molar-refractivity contribution >= 4 is 0 Å². The molecule has 174 valence electrons. The van der Waals surface area contributed by atoms with Gasteiger partial charge in [0, 0.05) is 36.0 Å². The molecular weight excluding hydrogens is 419 g/mol. The van der Waals surface area contributed by atoms with Gasteiger partial charge in [-0.2, -0.15) is 13.2 Å². The lowest BCUT2D eigenvalue weighted by Gasteiger charge is -2.37. The molecule has 0 bridgehead atoms. The monoisotopic (exact) mass is 449 g/mol. The Bertz CT molecular complexity index is 979. The first-order valence-electron chi connectivity index (χ1n) is 11.1. The molecule has 1 saturated heterocycles. The summed E-state index contributed by atoms with van der Waals surface area (Å²) in [6.07, 6.45) is -3.40. The van der Waals surface area contributed by atoms with E-state index in [1.165, 1.54) is 12.1 Å². The first-order valence-corrected chi connectivity index (χ1v) is 11.1. The summed E-state index contributed by atoms with van der Waals surface area (Å²) >= 11 is 0. The number of halogens is 3. The highest BCUT2D eigenvalue weighted by Gasteiger charge is 2.37. The molecular formula is C25H30F3NO3. The number of nitrogens with zero attached hydrogens (tertiary/aromatic N) is 1. The van der Waals surface area contributed by atoms with Crippen molar-refractivity contribution in [2.45, 2.75) is 70.8 Å². The second-order valence-corrected chi connectivity index (χ2v) is 9.87. The van der Waals surface area contributed by atoms with Crippen LogP contribution in [0.2, 0.25) is 0 Å². The average molecular weight is 450 g/mol. The van der Waals surface area contributed by atoms with Gasteiger partial charge in [-0.15, -0.1) is 0 Å². The number of rotatable bonds is 3. The minimum absolute atomic E-state index is 0.0909. The molecule has 2 N–H and O–H groups in total. The molecule has 32 heavy (non-hydrogen) atoms. The maximum Gasteiger partial charge on any atom is 0.416 e. The molecule has 2 heterocycles. The number of alkyl halides is 3. The van der Waals surface area contributed by atoms with Crippen molar-refractivity contribution in [2.75, 3.05) is 13.2 Å². The summed E-state index contributed by atoms with van der Waals surface area (Å²) in [7, 11) is 0. The van der Waals surface area contributed by atoms with Crippen LogP contribution in [0.25, 0.3) is 0 Å². The minimum Gasteiger partial charge on any atom is -0.388 e. The van der Waals surface area contributed by atoms with Gasteiger partial charge in [0.05, 0.1) is 17.4 Å². The number of hydrogen-bond donors (Lipinski definition) is 2. The Hall–Kier alpha value is -1.96. The van der Waals surface area contributed by atoms with Gasteiger partial charge in [0.1, 0.15) is 6.10 Å². The van der Waals surface area contributed by atoms with Crippen LogP contribution >= 0.6 is 0 Å². The Labute approximate surface area is 186 Å².